The maximum Gasteiger partial charge on any atom is 0.339 e. The Balaban J connectivity index is 1.67. The minimum atomic E-state index is -0.494. The van der Waals surface area contributed by atoms with Crippen LogP contribution in [0.1, 0.15) is 42.5 Å². The zero-order valence-corrected chi connectivity index (χ0v) is 14.5. The summed E-state index contributed by atoms with van der Waals surface area (Å²) >= 11 is 6.10. The lowest BCUT2D eigenvalue weighted by atomic mass is 9.65. The van der Waals surface area contributed by atoms with E-state index in [1.165, 1.54) is 13.5 Å². The van der Waals surface area contributed by atoms with Crippen molar-refractivity contribution in [3.05, 3.63) is 28.8 Å². The molecule has 2 unspecified atom stereocenters. The van der Waals surface area contributed by atoms with Crippen molar-refractivity contribution in [3.63, 3.8) is 0 Å². The lowest BCUT2D eigenvalue weighted by Gasteiger charge is -2.43. The highest BCUT2D eigenvalue weighted by Gasteiger charge is 2.40. The van der Waals surface area contributed by atoms with E-state index in [1.54, 1.807) is 18.2 Å². The molecule has 3 rings (SSSR count). The van der Waals surface area contributed by atoms with Crippen molar-refractivity contribution in [3.8, 4) is 0 Å². The molecule has 130 valence electrons. The second kappa shape index (κ2) is 7.11. The highest BCUT2D eigenvalue weighted by atomic mass is 35.5. The summed E-state index contributed by atoms with van der Waals surface area (Å²) < 4.78 is 4.66. The van der Waals surface area contributed by atoms with Gasteiger partial charge in [0.1, 0.15) is 0 Å². The van der Waals surface area contributed by atoms with Gasteiger partial charge in [-0.25, -0.2) is 4.79 Å². The number of ether oxygens (including phenoxy) is 1. The van der Waals surface area contributed by atoms with Gasteiger partial charge in [-0.15, -0.1) is 0 Å². The predicted molar refractivity (Wildman–Crippen MR) is 93.0 cm³/mol. The predicted octanol–water partition coefficient (Wildman–Crippen LogP) is 3.22. The van der Waals surface area contributed by atoms with Crippen LogP contribution in [-0.2, 0) is 9.53 Å². The molecule has 0 aliphatic heterocycles. The quantitative estimate of drug-likeness (QED) is 0.820. The number of nitrogens with two attached hydrogens (primary N) is 1. The monoisotopic (exact) mass is 350 g/mol. The van der Waals surface area contributed by atoms with Crippen molar-refractivity contribution in [1.82, 2.24) is 0 Å². The summed E-state index contributed by atoms with van der Waals surface area (Å²) in [6.07, 6.45) is 5.19. The van der Waals surface area contributed by atoms with Crippen LogP contribution in [0.15, 0.2) is 18.2 Å². The summed E-state index contributed by atoms with van der Waals surface area (Å²) in [5.41, 5.74) is 7.17. The molecular weight excluding hydrogens is 328 g/mol. The van der Waals surface area contributed by atoms with Gasteiger partial charge in [0.15, 0.2) is 0 Å². The standard InChI is InChI=1S/C18H23ClN2O3/c1-24-18(23)14-6-5-13(9-15(14)19)21-17(22)12-7-10-3-2-4-11(8-12)16(10)20/h5-6,9-12,16H,2-4,7-8,20H2,1H3,(H,21,22). The molecule has 2 fully saturated rings. The molecule has 1 amide bonds. The zero-order chi connectivity index (χ0) is 17.3. The number of hydrogen-bond acceptors (Lipinski definition) is 4. The molecule has 0 spiro atoms. The van der Waals surface area contributed by atoms with Crippen LogP contribution in [0.25, 0.3) is 0 Å². The molecule has 1 aromatic rings. The number of nitrogens with one attached hydrogen (secondary N) is 1. The number of carbonyl (C=O) groups is 2. The zero-order valence-electron chi connectivity index (χ0n) is 13.8. The summed E-state index contributed by atoms with van der Waals surface area (Å²) in [6, 6.07) is 5.07. The van der Waals surface area contributed by atoms with E-state index in [0.29, 0.717) is 17.5 Å². The number of halogens is 1. The van der Waals surface area contributed by atoms with Crippen molar-refractivity contribution in [2.24, 2.45) is 23.5 Å². The fourth-order valence-electron chi connectivity index (χ4n) is 4.12. The maximum atomic E-state index is 12.6. The Bertz CT molecular complexity index is 635. The van der Waals surface area contributed by atoms with Crippen LogP contribution >= 0.6 is 11.6 Å². The molecule has 24 heavy (non-hydrogen) atoms. The van der Waals surface area contributed by atoms with E-state index in [4.69, 9.17) is 17.3 Å². The SMILES string of the molecule is COC(=O)c1ccc(NC(=O)C2CC3CCCC(C2)C3N)cc1Cl. The molecule has 0 radical (unpaired) electrons. The minimum absolute atomic E-state index is 0.000779. The van der Waals surface area contributed by atoms with Gasteiger partial charge in [-0.05, 0) is 55.7 Å². The fraction of sp³-hybridized carbons (Fsp3) is 0.556. The highest BCUT2D eigenvalue weighted by Crippen LogP contribution is 2.42. The van der Waals surface area contributed by atoms with Crippen LogP contribution in [0.5, 0.6) is 0 Å². The van der Waals surface area contributed by atoms with Crippen molar-refractivity contribution >= 4 is 29.2 Å². The lowest BCUT2D eigenvalue weighted by molar-refractivity contribution is -0.122. The summed E-state index contributed by atoms with van der Waals surface area (Å²) in [5.74, 6) is 0.434. The highest BCUT2D eigenvalue weighted by molar-refractivity contribution is 6.34. The van der Waals surface area contributed by atoms with Gasteiger partial charge >= 0.3 is 5.97 Å². The first-order chi connectivity index (χ1) is 11.5. The molecule has 2 aliphatic rings. The molecule has 1 aromatic carbocycles. The second-order valence-corrected chi connectivity index (χ2v) is 7.28. The van der Waals surface area contributed by atoms with E-state index in [0.717, 1.165) is 25.7 Å². The molecule has 2 aliphatic carbocycles. The summed E-state index contributed by atoms with van der Waals surface area (Å²) in [6.45, 7) is 0. The molecule has 6 heteroatoms. The number of amides is 1. The molecule has 2 saturated carbocycles. The summed E-state index contributed by atoms with van der Waals surface area (Å²) in [7, 11) is 1.30. The van der Waals surface area contributed by atoms with Gasteiger partial charge in [-0.2, -0.15) is 0 Å². The lowest BCUT2D eigenvalue weighted by Crippen LogP contribution is -2.48. The van der Waals surface area contributed by atoms with Crippen LogP contribution in [0.3, 0.4) is 0 Å². The van der Waals surface area contributed by atoms with Gasteiger partial charge in [0.05, 0.1) is 17.7 Å². The Morgan fingerprint density at radius 2 is 1.92 bits per heavy atom. The van der Waals surface area contributed by atoms with E-state index in [-0.39, 0.29) is 28.5 Å². The van der Waals surface area contributed by atoms with Crippen molar-refractivity contribution in [1.29, 1.82) is 0 Å². The number of benzene rings is 1. The molecule has 0 saturated heterocycles. The van der Waals surface area contributed by atoms with Crippen molar-refractivity contribution in [2.75, 3.05) is 12.4 Å². The minimum Gasteiger partial charge on any atom is -0.465 e. The van der Waals surface area contributed by atoms with E-state index < -0.39 is 5.97 Å². The van der Waals surface area contributed by atoms with Crippen LogP contribution < -0.4 is 11.1 Å². The van der Waals surface area contributed by atoms with Gasteiger partial charge in [-0.3, -0.25) is 4.79 Å². The number of anilines is 1. The van der Waals surface area contributed by atoms with Crippen molar-refractivity contribution < 1.29 is 14.3 Å². The number of rotatable bonds is 3. The Labute approximate surface area is 146 Å². The van der Waals surface area contributed by atoms with E-state index >= 15 is 0 Å². The topological polar surface area (TPSA) is 81.4 Å². The van der Waals surface area contributed by atoms with Gasteiger partial charge in [0, 0.05) is 17.6 Å². The number of fused-ring (bicyclic) bond motifs is 2. The van der Waals surface area contributed by atoms with Gasteiger partial charge in [-0.1, -0.05) is 18.0 Å². The molecule has 2 bridgehead atoms. The van der Waals surface area contributed by atoms with Gasteiger partial charge in [0.2, 0.25) is 5.91 Å². The number of hydrogen-bond donors (Lipinski definition) is 2. The Morgan fingerprint density at radius 1 is 1.25 bits per heavy atom. The van der Waals surface area contributed by atoms with Crippen LogP contribution in [0, 0.1) is 17.8 Å². The summed E-state index contributed by atoms with van der Waals surface area (Å²) in [5, 5.41) is 3.19. The molecule has 0 aromatic heterocycles. The maximum absolute atomic E-state index is 12.6. The van der Waals surface area contributed by atoms with Crippen LogP contribution in [0.2, 0.25) is 5.02 Å². The smallest absolute Gasteiger partial charge is 0.339 e. The fourth-order valence-corrected chi connectivity index (χ4v) is 4.37. The van der Waals surface area contributed by atoms with E-state index in [1.807, 2.05) is 0 Å². The van der Waals surface area contributed by atoms with Crippen LogP contribution in [0.4, 0.5) is 5.69 Å². The molecule has 2 atom stereocenters. The van der Waals surface area contributed by atoms with Gasteiger partial charge in [0.25, 0.3) is 0 Å². The molecule has 0 heterocycles. The number of esters is 1. The van der Waals surface area contributed by atoms with Crippen molar-refractivity contribution in [2.45, 2.75) is 38.1 Å². The Kier molecular flexibility index (Phi) is 5.11. The Hall–Kier alpha value is -1.59. The van der Waals surface area contributed by atoms with Crippen LogP contribution in [-0.4, -0.2) is 25.0 Å². The number of carbonyl (C=O) groups excluding carboxylic acids is 2. The van der Waals surface area contributed by atoms with E-state index in [2.05, 4.69) is 10.1 Å². The summed E-state index contributed by atoms with van der Waals surface area (Å²) in [4.78, 5) is 24.2. The molecule has 5 nitrogen and oxygen atoms in total. The average Bonchev–Trinajstić information content (AvgIpc) is 2.54. The third-order valence-corrected chi connectivity index (χ3v) is 5.74. The normalized spacial score (nSPS) is 29.0. The molecule has 3 N–H and O–H groups in total. The Morgan fingerprint density at radius 3 is 2.50 bits per heavy atom. The molecular formula is C18H23ClN2O3. The largest absolute Gasteiger partial charge is 0.465 e. The van der Waals surface area contributed by atoms with Gasteiger partial charge < -0.3 is 15.8 Å². The average molecular weight is 351 g/mol. The van der Waals surface area contributed by atoms with E-state index in [9.17, 15) is 9.59 Å². The first-order valence-corrected chi connectivity index (χ1v) is 8.81. The second-order valence-electron chi connectivity index (χ2n) is 6.87. The first-order valence-electron chi connectivity index (χ1n) is 8.44. The number of methoxy groups -OCH3 is 1. The first kappa shape index (κ1) is 17.2. The third-order valence-electron chi connectivity index (χ3n) is 5.43. The third kappa shape index (κ3) is 3.42.